The highest BCUT2D eigenvalue weighted by Crippen LogP contribution is 2.17. The minimum Gasteiger partial charge on any atom is -0.387 e. The van der Waals surface area contributed by atoms with Crippen LogP contribution in [0, 0.1) is 11.6 Å². The van der Waals surface area contributed by atoms with Gasteiger partial charge in [-0.2, -0.15) is 0 Å². The summed E-state index contributed by atoms with van der Waals surface area (Å²) in [6, 6.07) is 6.73. The lowest BCUT2D eigenvalue weighted by molar-refractivity contribution is 0.169. The molecule has 1 atom stereocenters. The maximum Gasteiger partial charge on any atom is 0.129 e. The average molecular weight is 264 g/mol. The minimum atomic E-state index is -1.09. The number of pyridine rings is 1. The highest BCUT2D eigenvalue weighted by Gasteiger charge is 2.13. The Bertz CT molecular complexity index is 534. The van der Waals surface area contributed by atoms with E-state index in [0.717, 1.165) is 23.8 Å². The Morgan fingerprint density at radius 2 is 2.11 bits per heavy atom. The Balaban J connectivity index is 1.91. The smallest absolute Gasteiger partial charge is 0.129 e. The van der Waals surface area contributed by atoms with Crippen LogP contribution in [0.4, 0.5) is 8.78 Å². The van der Waals surface area contributed by atoms with Crippen molar-refractivity contribution in [2.75, 3.05) is 6.54 Å². The summed E-state index contributed by atoms with van der Waals surface area (Å²) in [6.07, 6.45) is 2.27. The standard InChI is InChI=1S/C14H14F2N2O/c15-11-3-4-13(16)12(6-11)14(19)9-18-8-10-2-1-5-17-7-10/h1-7,14,18-19H,8-9H2. The first kappa shape index (κ1) is 13.6. The molecule has 0 aliphatic carbocycles. The van der Waals surface area contributed by atoms with Gasteiger partial charge in [0.15, 0.2) is 0 Å². The normalized spacial score (nSPS) is 12.4. The second-order valence-electron chi connectivity index (χ2n) is 4.17. The third-order valence-electron chi connectivity index (χ3n) is 2.71. The number of aliphatic hydroxyl groups excluding tert-OH is 1. The highest BCUT2D eigenvalue weighted by atomic mass is 19.1. The molecule has 0 aliphatic rings. The fourth-order valence-corrected chi connectivity index (χ4v) is 1.74. The quantitative estimate of drug-likeness (QED) is 0.870. The molecule has 2 rings (SSSR count). The van der Waals surface area contributed by atoms with Crippen molar-refractivity contribution in [1.82, 2.24) is 10.3 Å². The van der Waals surface area contributed by atoms with E-state index in [-0.39, 0.29) is 12.1 Å². The Labute approximate surface area is 109 Å². The van der Waals surface area contributed by atoms with Crippen molar-refractivity contribution in [3.8, 4) is 0 Å². The lowest BCUT2D eigenvalue weighted by Crippen LogP contribution is -2.21. The lowest BCUT2D eigenvalue weighted by atomic mass is 10.1. The molecule has 1 heterocycles. The first-order valence-electron chi connectivity index (χ1n) is 5.89. The molecule has 0 bridgehead atoms. The van der Waals surface area contributed by atoms with Gasteiger partial charge in [-0.25, -0.2) is 8.78 Å². The third kappa shape index (κ3) is 3.81. The monoisotopic (exact) mass is 264 g/mol. The van der Waals surface area contributed by atoms with Crippen LogP contribution in [-0.4, -0.2) is 16.6 Å². The van der Waals surface area contributed by atoms with Crippen molar-refractivity contribution in [3.63, 3.8) is 0 Å². The zero-order chi connectivity index (χ0) is 13.7. The van der Waals surface area contributed by atoms with Crippen LogP contribution in [0.5, 0.6) is 0 Å². The van der Waals surface area contributed by atoms with Crippen molar-refractivity contribution in [1.29, 1.82) is 0 Å². The van der Waals surface area contributed by atoms with Gasteiger partial charge in [0.05, 0.1) is 6.10 Å². The predicted molar refractivity (Wildman–Crippen MR) is 67.3 cm³/mol. The first-order valence-corrected chi connectivity index (χ1v) is 5.89. The number of nitrogens with zero attached hydrogens (tertiary/aromatic N) is 1. The van der Waals surface area contributed by atoms with Crippen LogP contribution in [0.25, 0.3) is 0 Å². The van der Waals surface area contributed by atoms with E-state index in [1.54, 1.807) is 18.5 Å². The summed E-state index contributed by atoms with van der Waals surface area (Å²) in [5, 5.41) is 12.8. The number of aliphatic hydroxyl groups is 1. The summed E-state index contributed by atoms with van der Waals surface area (Å²) in [6.45, 7) is 0.636. The van der Waals surface area contributed by atoms with Crippen LogP contribution in [0.3, 0.4) is 0 Å². The maximum absolute atomic E-state index is 13.4. The van der Waals surface area contributed by atoms with E-state index >= 15 is 0 Å². The van der Waals surface area contributed by atoms with Crippen LogP contribution in [0.1, 0.15) is 17.2 Å². The number of rotatable bonds is 5. The van der Waals surface area contributed by atoms with Gasteiger partial charge in [-0.1, -0.05) is 6.07 Å². The number of halogens is 2. The molecule has 0 radical (unpaired) electrons. The average Bonchev–Trinajstić information content (AvgIpc) is 2.42. The summed E-state index contributed by atoms with van der Waals surface area (Å²) < 4.78 is 26.4. The van der Waals surface area contributed by atoms with E-state index < -0.39 is 17.7 Å². The molecule has 1 aromatic carbocycles. The van der Waals surface area contributed by atoms with Crippen LogP contribution < -0.4 is 5.32 Å². The second-order valence-corrected chi connectivity index (χ2v) is 4.17. The Morgan fingerprint density at radius 3 is 2.84 bits per heavy atom. The molecule has 0 spiro atoms. The first-order chi connectivity index (χ1) is 9.16. The summed E-state index contributed by atoms with van der Waals surface area (Å²) in [7, 11) is 0. The molecule has 5 heteroatoms. The molecule has 2 aromatic rings. The van der Waals surface area contributed by atoms with Crippen LogP contribution in [0.15, 0.2) is 42.7 Å². The summed E-state index contributed by atoms with van der Waals surface area (Å²) in [5.74, 6) is -1.18. The summed E-state index contributed by atoms with van der Waals surface area (Å²) >= 11 is 0. The lowest BCUT2D eigenvalue weighted by Gasteiger charge is -2.13. The fourth-order valence-electron chi connectivity index (χ4n) is 1.74. The van der Waals surface area contributed by atoms with Crippen molar-refractivity contribution < 1.29 is 13.9 Å². The molecule has 3 nitrogen and oxygen atoms in total. The third-order valence-corrected chi connectivity index (χ3v) is 2.71. The SMILES string of the molecule is OC(CNCc1cccnc1)c1cc(F)ccc1F. The largest absolute Gasteiger partial charge is 0.387 e. The Hall–Kier alpha value is -1.85. The van der Waals surface area contributed by atoms with Gasteiger partial charge in [0, 0.05) is 31.0 Å². The van der Waals surface area contributed by atoms with Gasteiger partial charge in [-0.05, 0) is 29.8 Å². The van der Waals surface area contributed by atoms with Crippen LogP contribution in [0.2, 0.25) is 0 Å². The molecule has 1 aromatic heterocycles. The van der Waals surface area contributed by atoms with Gasteiger partial charge in [-0.15, -0.1) is 0 Å². The molecule has 0 aliphatic heterocycles. The predicted octanol–water partition coefficient (Wildman–Crippen LogP) is 2.18. The molecule has 0 fully saturated rings. The Kier molecular flexibility index (Phi) is 4.54. The molecule has 1 unspecified atom stereocenters. The minimum absolute atomic E-state index is 0.0429. The molecule has 2 N–H and O–H groups in total. The van der Waals surface area contributed by atoms with Crippen LogP contribution in [-0.2, 0) is 6.54 Å². The maximum atomic E-state index is 13.4. The molecule has 0 saturated carbocycles. The molecular formula is C14H14F2N2O. The van der Waals surface area contributed by atoms with Gasteiger partial charge in [0.25, 0.3) is 0 Å². The van der Waals surface area contributed by atoms with Crippen molar-refractivity contribution >= 4 is 0 Å². The van der Waals surface area contributed by atoms with Crippen LogP contribution >= 0.6 is 0 Å². The van der Waals surface area contributed by atoms with Crippen molar-refractivity contribution in [2.45, 2.75) is 12.6 Å². The number of hydrogen-bond acceptors (Lipinski definition) is 3. The molecule has 0 saturated heterocycles. The van der Waals surface area contributed by atoms with Gasteiger partial charge < -0.3 is 10.4 Å². The zero-order valence-electron chi connectivity index (χ0n) is 10.2. The van der Waals surface area contributed by atoms with Crippen molar-refractivity contribution in [3.05, 3.63) is 65.5 Å². The molecule has 19 heavy (non-hydrogen) atoms. The number of nitrogens with one attached hydrogen (secondary N) is 1. The van der Waals surface area contributed by atoms with E-state index in [2.05, 4.69) is 10.3 Å². The molecular weight excluding hydrogens is 250 g/mol. The Morgan fingerprint density at radius 1 is 1.26 bits per heavy atom. The fraction of sp³-hybridized carbons (Fsp3) is 0.214. The number of benzene rings is 1. The number of hydrogen-bond donors (Lipinski definition) is 2. The van der Waals surface area contributed by atoms with Gasteiger partial charge >= 0.3 is 0 Å². The van der Waals surface area contributed by atoms with Gasteiger partial charge in [0.2, 0.25) is 0 Å². The summed E-state index contributed by atoms with van der Waals surface area (Å²) in [4.78, 5) is 3.95. The molecule has 100 valence electrons. The molecule has 0 amide bonds. The van der Waals surface area contributed by atoms with E-state index in [9.17, 15) is 13.9 Å². The second kappa shape index (κ2) is 6.36. The van der Waals surface area contributed by atoms with E-state index in [1.165, 1.54) is 0 Å². The van der Waals surface area contributed by atoms with Crippen molar-refractivity contribution in [2.24, 2.45) is 0 Å². The number of aromatic nitrogens is 1. The van der Waals surface area contributed by atoms with E-state index in [1.807, 2.05) is 6.07 Å². The zero-order valence-corrected chi connectivity index (χ0v) is 10.2. The topological polar surface area (TPSA) is 45.1 Å². The van der Waals surface area contributed by atoms with Gasteiger partial charge in [-0.3, -0.25) is 4.98 Å². The van der Waals surface area contributed by atoms with E-state index in [0.29, 0.717) is 6.54 Å². The van der Waals surface area contributed by atoms with E-state index in [4.69, 9.17) is 0 Å². The summed E-state index contributed by atoms with van der Waals surface area (Å²) in [5.41, 5.74) is 0.910. The van der Waals surface area contributed by atoms with Gasteiger partial charge in [0.1, 0.15) is 11.6 Å². The highest BCUT2D eigenvalue weighted by molar-refractivity contribution is 5.21.